The van der Waals surface area contributed by atoms with Crippen molar-refractivity contribution in [2.75, 3.05) is 6.61 Å². The van der Waals surface area contributed by atoms with Crippen molar-refractivity contribution in [2.24, 2.45) is 0 Å². The number of hydrogen-bond acceptors (Lipinski definition) is 1. The van der Waals surface area contributed by atoms with Crippen molar-refractivity contribution in [3.8, 4) is 0 Å². The van der Waals surface area contributed by atoms with Gasteiger partial charge in [-0.3, -0.25) is 0 Å². The van der Waals surface area contributed by atoms with Gasteiger partial charge in [0.1, 0.15) is 0 Å². The number of halogens is 1. The predicted octanol–water partition coefficient (Wildman–Crippen LogP) is 0.246. The second kappa shape index (κ2) is 8.56. The minimum absolute atomic E-state index is 0. The molecule has 0 aliphatic heterocycles. The summed E-state index contributed by atoms with van der Waals surface area (Å²) in [5.74, 6) is 0. The molecule has 0 bridgehead atoms. The zero-order valence-electron chi connectivity index (χ0n) is 10.3. The van der Waals surface area contributed by atoms with Crippen LogP contribution in [0.5, 0.6) is 0 Å². The van der Waals surface area contributed by atoms with Crippen molar-refractivity contribution in [3.05, 3.63) is 6.92 Å². The van der Waals surface area contributed by atoms with E-state index in [4.69, 9.17) is 4.43 Å². The Morgan fingerprint density at radius 3 is 1.93 bits per heavy atom. The maximum absolute atomic E-state index is 5.93. The maximum Gasteiger partial charge on any atom is 2.00 e. The molecule has 0 fully saturated rings. The SMILES string of the molecule is [Br-].[CH2-]CCCO[Si](C)(C)C(C)(C)C.[Mg+2]. The normalized spacial score (nSPS) is 11.6. The Balaban J connectivity index is -0.000000605. The second-order valence-corrected chi connectivity index (χ2v) is 9.63. The molecular weight excluding hydrogens is 268 g/mol. The Morgan fingerprint density at radius 1 is 1.21 bits per heavy atom. The zero-order chi connectivity index (χ0) is 9.83. The van der Waals surface area contributed by atoms with Gasteiger partial charge in [0.05, 0.1) is 0 Å². The van der Waals surface area contributed by atoms with Gasteiger partial charge in [0, 0.05) is 6.61 Å². The molecule has 0 unspecified atom stereocenters. The number of unbranched alkanes of at least 4 members (excludes halogenated alkanes) is 1. The number of hydrogen-bond donors (Lipinski definition) is 0. The van der Waals surface area contributed by atoms with Gasteiger partial charge in [-0.15, -0.1) is 0 Å². The predicted molar refractivity (Wildman–Crippen MR) is 63.5 cm³/mol. The molecule has 0 spiro atoms. The third kappa shape index (κ3) is 7.68. The summed E-state index contributed by atoms with van der Waals surface area (Å²) in [5.41, 5.74) is 0. The largest absolute Gasteiger partial charge is 2.00 e. The van der Waals surface area contributed by atoms with Crippen LogP contribution in [0.3, 0.4) is 0 Å². The van der Waals surface area contributed by atoms with Crippen LogP contribution in [0.4, 0.5) is 0 Å². The molecule has 1 nitrogen and oxygen atoms in total. The Kier molecular flexibility index (Phi) is 12.7. The Hall–Kier alpha value is 1.42. The first-order chi connectivity index (χ1) is 5.31. The van der Waals surface area contributed by atoms with Crippen LogP contribution in [0.15, 0.2) is 0 Å². The zero-order valence-corrected chi connectivity index (χ0v) is 14.3. The first kappa shape index (κ1) is 20.8. The molecule has 0 amide bonds. The van der Waals surface area contributed by atoms with Gasteiger partial charge in [0.25, 0.3) is 0 Å². The molecule has 0 saturated heterocycles. The monoisotopic (exact) mass is 290 g/mol. The summed E-state index contributed by atoms with van der Waals surface area (Å²) in [4.78, 5) is 0. The van der Waals surface area contributed by atoms with Gasteiger partial charge in [-0.25, -0.2) is 0 Å². The Labute approximate surface area is 117 Å². The van der Waals surface area contributed by atoms with Gasteiger partial charge in [-0.1, -0.05) is 27.2 Å². The summed E-state index contributed by atoms with van der Waals surface area (Å²) < 4.78 is 5.93. The molecule has 0 aliphatic rings. The van der Waals surface area contributed by atoms with Crippen LogP contribution in [0.25, 0.3) is 0 Å². The molecule has 0 aromatic heterocycles. The molecule has 14 heavy (non-hydrogen) atoms. The fourth-order valence-electron chi connectivity index (χ4n) is 0.646. The van der Waals surface area contributed by atoms with Crippen molar-refractivity contribution in [3.63, 3.8) is 0 Å². The van der Waals surface area contributed by atoms with E-state index in [-0.39, 0.29) is 40.0 Å². The Bertz CT molecular complexity index is 135. The molecule has 0 rings (SSSR count). The van der Waals surface area contributed by atoms with Crippen LogP contribution in [0.1, 0.15) is 33.6 Å². The van der Waals surface area contributed by atoms with Crippen LogP contribution in [0.2, 0.25) is 18.1 Å². The van der Waals surface area contributed by atoms with Crippen LogP contribution >= 0.6 is 0 Å². The summed E-state index contributed by atoms with van der Waals surface area (Å²) in [7, 11) is -1.47. The molecule has 0 heterocycles. The van der Waals surface area contributed by atoms with E-state index in [2.05, 4.69) is 40.8 Å². The smallest absolute Gasteiger partial charge is 1.00 e. The quantitative estimate of drug-likeness (QED) is 0.410. The van der Waals surface area contributed by atoms with Crippen molar-refractivity contribution in [1.82, 2.24) is 0 Å². The average molecular weight is 292 g/mol. The summed E-state index contributed by atoms with van der Waals surface area (Å²) in [5, 5.41) is 0.341. The topological polar surface area (TPSA) is 9.23 Å². The van der Waals surface area contributed by atoms with Gasteiger partial charge in [-0.05, 0) is 18.1 Å². The standard InChI is InChI=1S/C10H23OSi.BrH.Mg/c1-7-8-9-11-12(5,6)10(2,3)4;;/h1,7-9H2,2-6H3;1H;/q-1;;+2/p-1. The summed E-state index contributed by atoms with van der Waals surface area (Å²) >= 11 is 0. The van der Waals surface area contributed by atoms with Gasteiger partial charge in [-0.2, -0.15) is 6.42 Å². The average Bonchev–Trinajstić information content (AvgIpc) is 1.85. The first-order valence-electron chi connectivity index (χ1n) is 4.74. The third-order valence-corrected chi connectivity index (χ3v) is 7.20. The van der Waals surface area contributed by atoms with E-state index < -0.39 is 8.32 Å². The van der Waals surface area contributed by atoms with Crippen molar-refractivity contribution < 1.29 is 21.4 Å². The van der Waals surface area contributed by atoms with E-state index in [0.29, 0.717) is 5.04 Å². The third-order valence-electron chi connectivity index (χ3n) is 2.66. The molecule has 0 aliphatic carbocycles. The first-order valence-corrected chi connectivity index (χ1v) is 7.65. The van der Waals surface area contributed by atoms with Gasteiger partial charge in [0.2, 0.25) is 0 Å². The van der Waals surface area contributed by atoms with Crippen LogP contribution in [0, 0.1) is 6.92 Å². The molecule has 0 radical (unpaired) electrons. The minimum atomic E-state index is -1.47. The van der Waals surface area contributed by atoms with Crippen molar-refractivity contribution in [1.29, 1.82) is 0 Å². The van der Waals surface area contributed by atoms with Crippen molar-refractivity contribution >= 4 is 31.4 Å². The fraction of sp³-hybridized carbons (Fsp3) is 0.900. The van der Waals surface area contributed by atoms with Gasteiger partial charge < -0.3 is 28.3 Å². The second-order valence-electron chi connectivity index (χ2n) is 4.82. The van der Waals surface area contributed by atoms with E-state index in [1.807, 2.05) is 0 Å². The Morgan fingerprint density at radius 2 is 1.64 bits per heavy atom. The molecule has 0 N–H and O–H groups in total. The fourth-order valence-corrected chi connectivity index (χ4v) is 1.73. The van der Waals surface area contributed by atoms with E-state index in [9.17, 15) is 0 Å². The van der Waals surface area contributed by atoms with Crippen LogP contribution in [-0.4, -0.2) is 38.0 Å². The molecule has 0 aromatic rings. The summed E-state index contributed by atoms with van der Waals surface area (Å²) in [6.07, 6.45) is 2.07. The molecule has 4 heteroatoms. The summed E-state index contributed by atoms with van der Waals surface area (Å²) in [6, 6.07) is 0. The van der Waals surface area contributed by atoms with Crippen LogP contribution in [-0.2, 0) is 4.43 Å². The minimum Gasteiger partial charge on any atom is -1.00 e. The van der Waals surface area contributed by atoms with E-state index in [0.717, 1.165) is 19.4 Å². The maximum atomic E-state index is 5.93. The van der Waals surface area contributed by atoms with E-state index in [1.165, 1.54) is 0 Å². The van der Waals surface area contributed by atoms with E-state index in [1.54, 1.807) is 0 Å². The van der Waals surface area contributed by atoms with Crippen LogP contribution < -0.4 is 17.0 Å². The number of rotatable bonds is 4. The molecule has 0 saturated carbocycles. The summed E-state index contributed by atoms with van der Waals surface area (Å²) in [6.45, 7) is 16.1. The van der Waals surface area contributed by atoms with Gasteiger partial charge >= 0.3 is 23.1 Å². The molecule has 0 aromatic carbocycles. The molecule has 82 valence electrons. The van der Waals surface area contributed by atoms with Crippen molar-refractivity contribution in [2.45, 2.75) is 51.7 Å². The molecular formula is C10H23BrMgOSi. The van der Waals surface area contributed by atoms with Gasteiger partial charge in [0.15, 0.2) is 8.32 Å². The molecule has 0 atom stereocenters. The van der Waals surface area contributed by atoms with E-state index >= 15 is 0 Å².